The number of ketones is 1. The van der Waals surface area contributed by atoms with Crippen LogP contribution in [0.2, 0.25) is 0 Å². The van der Waals surface area contributed by atoms with Crippen LogP contribution in [0.5, 0.6) is 5.75 Å². The highest BCUT2D eigenvalue weighted by molar-refractivity contribution is 5.94. The van der Waals surface area contributed by atoms with Crippen molar-refractivity contribution in [3.05, 3.63) is 40.2 Å². The second-order valence-corrected chi connectivity index (χ2v) is 7.04. The Morgan fingerprint density at radius 2 is 1.96 bits per heavy atom. The Hall–Kier alpha value is -1.57. The summed E-state index contributed by atoms with van der Waals surface area (Å²) < 4.78 is 6.29. The maximum absolute atomic E-state index is 12.1. The van der Waals surface area contributed by atoms with Crippen LogP contribution in [0, 0.1) is 6.92 Å². The van der Waals surface area contributed by atoms with Crippen molar-refractivity contribution in [2.75, 3.05) is 0 Å². The van der Waals surface area contributed by atoms with E-state index in [0.29, 0.717) is 5.92 Å². The van der Waals surface area contributed by atoms with Crippen molar-refractivity contribution in [2.24, 2.45) is 0 Å². The summed E-state index contributed by atoms with van der Waals surface area (Å²) in [5, 5.41) is 0. The number of aryl methyl sites for hydroxylation is 1. The molecule has 2 heteroatoms. The Labute approximate surface area is 140 Å². The minimum Gasteiger partial charge on any atom is -0.461 e. The molecular formula is C21H30O2. The van der Waals surface area contributed by atoms with Crippen LogP contribution in [0.25, 0.3) is 0 Å². The van der Waals surface area contributed by atoms with Crippen LogP contribution in [0.15, 0.2) is 23.5 Å². The van der Waals surface area contributed by atoms with Gasteiger partial charge in [0.05, 0.1) is 0 Å². The second kappa shape index (κ2) is 7.81. The maximum atomic E-state index is 12.1. The number of hydrogen-bond donors (Lipinski definition) is 0. The fourth-order valence-corrected chi connectivity index (χ4v) is 3.27. The van der Waals surface area contributed by atoms with Gasteiger partial charge in [0.2, 0.25) is 0 Å². The van der Waals surface area contributed by atoms with Gasteiger partial charge in [-0.05, 0) is 37.3 Å². The first-order chi connectivity index (χ1) is 10.9. The van der Waals surface area contributed by atoms with Crippen molar-refractivity contribution >= 4 is 5.78 Å². The molecule has 1 heterocycles. The molecule has 0 atom stereocenters. The van der Waals surface area contributed by atoms with Crippen molar-refractivity contribution in [1.29, 1.82) is 0 Å². The standard InChI is InChI=1S/C21H30O2/c1-6-7-8-9-10-20-19(16(5)22)13-17-11-15(4)12-18(14(2)3)21(17)23-20/h11-12,14H,6-10,13H2,1-5H3. The number of Topliss-reactive ketones (excluding diaryl/α,β-unsaturated/α-hetero) is 1. The second-order valence-electron chi connectivity index (χ2n) is 7.04. The van der Waals surface area contributed by atoms with Gasteiger partial charge in [0, 0.05) is 18.4 Å². The molecule has 0 saturated carbocycles. The van der Waals surface area contributed by atoms with Crippen LogP contribution in [0.1, 0.15) is 82.4 Å². The van der Waals surface area contributed by atoms with E-state index in [4.69, 9.17) is 4.74 Å². The Morgan fingerprint density at radius 3 is 2.57 bits per heavy atom. The van der Waals surface area contributed by atoms with Crippen molar-refractivity contribution < 1.29 is 9.53 Å². The first-order valence-electron chi connectivity index (χ1n) is 8.98. The normalized spacial score (nSPS) is 14.0. The van der Waals surface area contributed by atoms with E-state index >= 15 is 0 Å². The van der Waals surface area contributed by atoms with Gasteiger partial charge in [-0.1, -0.05) is 57.7 Å². The number of carbonyl (C=O) groups is 1. The average Bonchev–Trinajstić information content (AvgIpc) is 2.49. The minimum atomic E-state index is 0.147. The molecule has 2 rings (SSSR count). The molecule has 0 unspecified atom stereocenters. The SMILES string of the molecule is CCCCCCC1=C(C(C)=O)Cc2cc(C)cc(C(C)C)c2O1. The zero-order valence-corrected chi connectivity index (χ0v) is 15.3. The van der Waals surface area contributed by atoms with Crippen molar-refractivity contribution in [3.8, 4) is 5.75 Å². The largest absolute Gasteiger partial charge is 0.461 e. The predicted molar refractivity (Wildman–Crippen MR) is 96.1 cm³/mol. The highest BCUT2D eigenvalue weighted by Crippen LogP contribution is 2.39. The van der Waals surface area contributed by atoms with Gasteiger partial charge in [0.1, 0.15) is 11.5 Å². The predicted octanol–water partition coefficient (Wildman–Crippen LogP) is 5.87. The molecule has 23 heavy (non-hydrogen) atoms. The molecule has 1 aromatic rings. The van der Waals surface area contributed by atoms with E-state index < -0.39 is 0 Å². The van der Waals surface area contributed by atoms with Crippen molar-refractivity contribution in [2.45, 2.75) is 79.1 Å². The number of carbonyl (C=O) groups excluding carboxylic acids is 1. The average molecular weight is 314 g/mol. The van der Waals surface area contributed by atoms with Gasteiger partial charge in [-0.3, -0.25) is 4.79 Å². The fourth-order valence-electron chi connectivity index (χ4n) is 3.27. The first-order valence-corrected chi connectivity index (χ1v) is 8.98. The third-order valence-electron chi connectivity index (χ3n) is 4.57. The summed E-state index contributed by atoms with van der Waals surface area (Å²) in [7, 11) is 0. The van der Waals surface area contributed by atoms with E-state index in [1.165, 1.54) is 30.4 Å². The number of rotatable bonds is 7. The number of hydrogen-bond acceptors (Lipinski definition) is 2. The summed E-state index contributed by atoms with van der Waals surface area (Å²) >= 11 is 0. The summed E-state index contributed by atoms with van der Waals surface area (Å²) in [4.78, 5) is 12.1. The molecule has 1 aliphatic rings. The Bertz CT molecular complexity index is 609. The zero-order chi connectivity index (χ0) is 17.0. The van der Waals surface area contributed by atoms with E-state index in [0.717, 1.165) is 41.9 Å². The van der Waals surface area contributed by atoms with Gasteiger partial charge in [-0.2, -0.15) is 0 Å². The van der Waals surface area contributed by atoms with Crippen LogP contribution < -0.4 is 4.74 Å². The number of benzene rings is 1. The molecule has 0 radical (unpaired) electrons. The van der Waals surface area contributed by atoms with Crippen LogP contribution >= 0.6 is 0 Å². The van der Waals surface area contributed by atoms with Crippen LogP contribution in [-0.2, 0) is 11.2 Å². The fraction of sp³-hybridized carbons (Fsp3) is 0.571. The van der Waals surface area contributed by atoms with Gasteiger partial charge >= 0.3 is 0 Å². The summed E-state index contributed by atoms with van der Waals surface area (Å²) in [5.41, 5.74) is 4.53. The van der Waals surface area contributed by atoms with Gasteiger partial charge < -0.3 is 4.74 Å². The lowest BCUT2D eigenvalue weighted by Crippen LogP contribution is -2.17. The lowest BCUT2D eigenvalue weighted by molar-refractivity contribution is -0.113. The highest BCUT2D eigenvalue weighted by Gasteiger charge is 2.25. The zero-order valence-electron chi connectivity index (χ0n) is 15.3. The van der Waals surface area contributed by atoms with Crippen LogP contribution in [0.4, 0.5) is 0 Å². The molecule has 0 spiro atoms. The molecule has 0 saturated heterocycles. The Balaban J connectivity index is 2.31. The topological polar surface area (TPSA) is 26.3 Å². The molecule has 1 aromatic carbocycles. The number of allylic oxidation sites excluding steroid dienone is 2. The lowest BCUT2D eigenvalue weighted by atomic mass is 9.90. The van der Waals surface area contributed by atoms with Gasteiger partial charge in [-0.25, -0.2) is 0 Å². The third kappa shape index (κ3) is 4.25. The van der Waals surface area contributed by atoms with E-state index in [-0.39, 0.29) is 5.78 Å². The minimum absolute atomic E-state index is 0.147. The quantitative estimate of drug-likeness (QED) is 0.589. The van der Waals surface area contributed by atoms with E-state index in [2.05, 4.69) is 39.8 Å². The van der Waals surface area contributed by atoms with Gasteiger partial charge in [-0.15, -0.1) is 0 Å². The molecule has 0 aliphatic carbocycles. The lowest BCUT2D eigenvalue weighted by Gasteiger charge is -2.26. The van der Waals surface area contributed by atoms with Gasteiger partial charge in [0.25, 0.3) is 0 Å². The highest BCUT2D eigenvalue weighted by atomic mass is 16.5. The number of fused-ring (bicyclic) bond motifs is 1. The van der Waals surface area contributed by atoms with Crippen molar-refractivity contribution in [1.82, 2.24) is 0 Å². The Kier molecular flexibility index (Phi) is 6.04. The first kappa shape index (κ1) is 17.8. The Morgan fingerprint density at radius 1 is 1.22 bits per heavy atom. The number of ether oxygens (including phenoxy) is 1. The molecule has 0 bridgehead atoms. The molecule has 1 aliphatic heterocycles. The van der Waals surface area contributed by atoms with Crippen LogP contribution in [0.3, 0.4) is 0 Å². The third-order valence-corrected chi connectivity index (χ3v) is 4.57. The molecule has 2 nitrogen and oxygen atoms in total. The molecule has 0 fully saturated rings. The van der Waals surface area contributed by atoms with Crippen LogP contribution in [-0.4, -0.2) is 5.78 Å². The summed E-state index contributed by atoms with van der Waals surface area (Å²) in [6, 6.07) is 4.38. The summed E-state index contributed by atoms with van der Waals surface area (Å²) in [6.07, 6.45) is 6.36. The molecule has 126 valence electrons. The monoisotopic (exact) mass is 314 g/mol. The van der Waals surface area contributed by atoms with Gasteiger partial charge in [0.15, 0.2) is 5.78 Å². The molecule has 0 amide bonds. The maximum Gasteiger partial charge on any atom is 0.159 e. The van der Waals surface area contributed by atoms with E-state index in [1.54, 1.807) is 6.92 Å². The van der Waals surface area contributed by atoms with E-state index in [9.17, 15) is 4.79 Å². The molecule has 0 N–H and O–H groups in total. The van der Waals surface area contributed by atoms with E-state index in [1.807, 2.05) is 0 Å². The summed E-state index contributed by atoms with van der Waals surface area (Å²) in [5.74, 6) is 2.48. The molecule has 0 aromatic heterocycles. The molecular weight excluding hydrogens is 284 g/mol. The number of unbranched alkanes of at least 4 members (excludes halogenated alkanes) is 3. The summed E-state index contributed by atoms with van der Waals surface area (Å²) in [6.45, 7) is 10.4. The van der Waals surface area contributed by atoms with Crippen molar-refractivity contribution in [3.63, 3.8) is 0 Å². The smallest absolute Gasteiger partial charge is 0.159 e.